The van der Waals surface area contributed by atoms with Crippen LogP contribution in [0, 0.1) is 0 Å². The standard InChI is InChI=1S/C16H21NO4S/c18-15(10-14-5-2-7-21-14)17-13-4-1-3-12(9-13)11-22-8-6-16(19)20/h1,3-4,9,14H,2,5-8,10-11H2,(H,17,18)(H,19,20). The van der Waals surface area contributed by atoms with Crippen molar-refractivity contribution in [2.24, 2.45) is 0 Å². The highest BCUT2D eigenvalue weighted by atomic mass is 32.2. The molecule has 1 unspecified atom stereocenters. The maximum Gasteiger partial charge on any atom is 0.304 e. The summed E-state index contributed by atoms with van der Waals surface area (Å²) in [5.74, 6) is 0.526. The molecule has 1 saturated heterocycles. The number of hydrogen-bond donors (Lipinski definition) is 2. The fourth-order valence-corrected chi connectivity index (χ4v) is 3.19. The molecule has 1 aliphatic heterocycles. The topological polar surface area (TPSA) is 75.6 Å². The molecule has 0 bridgehead atoms. The summed E-state index contributed by atoms with van der Waals surface area (Å²) in [7, 11) is 0. The van der Waals surface area contributed by atoms with Crippen molar-refractivity contribution in [3.63, 3.8) is 0 Å². The van der Waals surface area contributed by atoms with Gasteiger partial charge >= 0.3 is 5.97 Å². The second kappa shape index (κ2) is 8.80. The van der Waals surface area contributed by atoms with Gasteiger partial charge < -0.3 is 15.2 Å². The fraction of sp³-hybridized carbons (Fsp3) is 0.500. The smallest absolute Gasteiger partial charge is 0.304 e. The Bertz CT molecular complexity index is 515. The molecule has 1 aromatic carbocycles. The molecule has 0 saturated carbocycles. The Morgan fingerprint density at radius 1 is 1.41 bits per heavy atom. The normalized spacial score (nSPS) is 17.4. The number of anilines is 1. The van der Waals surface area contributed by atoms with Gasteiger partial charge in [0, 0.05) is 23.8 Å². The zero-order chi connectivity index (χ0) is 15.8. The molecule has 2 rings (SSSR count). The quantitative estimate of drug-likeness (QED) is 0.720. The summed E-state index contributed by atoms with van der Waals surface area (Å²) < 4.78 is 5.46. The van der Waals surface area contributed by atoms with E-state index in [0.717, 1.165) is 36.5 Å². The second-order valence-electron chi connectivity index (χ2n) is 5.28. The summed E-state index contributed by atoms with van der Waals surface area (Å²) in [6.45, 7) is 0.751. The molecule has 0 aromatic heterocycles. The Morgan fingerprint density at radius 3 is 3.00 bits per heavy atom. The van der Waals surface area contributed by atoms with Crippen molar-refractivity contribution in [2.75, 3.05) is 17.7 Å². The van der Waals surface area contributed by atoms with Gasteiger partial charge in [0.05, 0.1) is 18.9 Å². The molecule has 1 heterocycles. The predicted octanol–water partition coefficient (Wildman–Crippen LogP) is 2.90. The van der Waals surface area contributed by atoms with Gasteiger partial charge in [0.15, 0.2) is 0 Å². The minimum Gasteiger partial charge on any atom is -0.481 e. The van der Waals surface area contributed by atoms with Crippen molar-refractivity contribution in [3.05, 3.63) is 29.8 Å². The first kappa shape index (κ1) is 16.8. The molecule has 1 amide bonds. The Kier molecular flexibility index (Phi) is 6.74. The average molecular weight is 323 g/mol. The molecule has 0 spiro atoms. The van der Waals surface area contributed by atoms with Crippen molar-refractivity contribution in [3.8, 4) is 0 Å². The number of nitrogens with one attached hydrogen (secondary N) is 1. The molecule has 1 atom stereocenters. The summed E-state index contributed by atoms with van der Waals surface area (Å²) in [5.41, 5.74) is 1.85. The predicted molar refractivity (Wildman–Crippen MR) is 87.1 cm³/mol. The Morgan fingerprint density at radius 2 is 2.27 bits per heavy atom. The van der Waals surface area contributed by atoms with E-state index in [1.165, 1.54) is 0 Å². The molecular weight excluding hydrogens is 302 g/mol. The molecule has 1 aromatic rings. The zero-order valence-corrected chi connectivity index (χ0v) is 13.2. The van der Waals surface area contributed by atoms with E-state index in [2.05, 4.69) is 5.32 Å². The molecule has 0 aliphatic carbocycles. The molecule has 1 fully saturated rings. The van der Waals surface area contributed by atoms with Crippen LogP contribution in [0.15, 0.2) is 24.3 Å². The molecular formula is C16H21NO4S. The molecule has 0 radical (unpaired) electrons. The number of benzene rings is 1. The van der Waals surface area contributed by atoms with Crippen molar-refractivity contribution < 1.29 is 19.4 Å². The number of aliphatic carboxylic acids is 1. The first-order chi connectivity index (χ1) is 10.6. The fourth-order valence-electron chi connectivity index (χ4n) is 2.31. The van der Waals surface area contributed by atoms with Crippen molar-refractivity contribution in [1.82, 2.24) is 0 Å². The number of thioether (sulfide) groups is 1. The highest BCUT2D eigenvalue weighted by molar-refractivity contribution is 7.98. The summed E-state index contributed by atoms with van der Waals surface area (Å²) in [5, 5.41) is 11.5. The molecule has 2 N–H and O–H groups in total. The highest BCUT2D eigenvalue weighted by Crippen LogP contribution is 2.19. The van der Waals surface area contributed by atoms with Gasteiger partial charge in [-0.3, -0.25) is 9.59 Å². The Labute approximate surface area is 134 Å². The van der Waals surface area contributed by atoms with E-state index in [1.54, 1.807) is 11.8 Å². The van der Waals surface area contributed by atoms with Crippen LogP contribution in [-0.2, 0) is 20.1 Å². The maximum absolute atomic E-state index is 12.0. The minimum absolute atomic E-state index is 0.0254. The van der Waals surface area contributed by atoms with Gasteiger partial charge in [0.2, 0.25) is 5.91 Å². The lowest BCUT2D eigenvalue weighted by molar-refractivity contribution is -0.136. The van der Waals surface area contributed by atoms with E-state index in [-0.39, 0.29) is 18.4 Å². The number of carbonyl (C=O) groups is 2. The van der Waals surface area contributed by atoms with Crippen LogP contribution in [-0.4, -0.2) is 35.4 Å². The van der Waals surface area contributed by atoms with Crippen molar-refractivity contribution in [2.45, 2.75) is 37.5 Å². The SMILES string of the molecule is O=C(O)CCSCc1cccc(NC(=O)CC2CCCO2)c1. The number of hydrogen-bond acceptors (Lipinski definition) is 4. The lowest BCUT2D eigenvalue weighted by Crippen LogP contribution is -2.19. The second-order valence-corrected chi connectivity index (χ2v) is 6.39. The largest absolute Gasteiger partial charge is 0.481 e. The third kappa shape index (κ3) is 6.07. The summed E-state index contributed by atoms with van der Waals surface area (Å²) in [4.78, 5) is 22.4. The van der Waals surface area contributed by atoms with Gasteiger partial charge in [-0.25, -0.2) is 0 Å². The summed E-state index contributed by atoms with van der Waals surface area (Å²) in [6, 6.07) is 7.66. The van der Waals surface area contributed by atoms with Crippen molar-refractivity contribution in [1.29, 1.82) is 0 Å². The van der Waals surface area contributed by atoms with E-state index >= 15 is 0 Å². The van der Waals surface area contributed by atoms with Crippen LogP contribution in [0.5, 0.6) is 0 Å². The molecule has 5 nitrogen and oxygen atoms in total. The maximum atomic E-state index is 12.0. The minimum atomic E-state index is -0.775. The third-order valence-corrected chi connectivity index (χ3v) is 4.41. The van der Waals surface area contributed by atoms with Crippen LogP contribution in [0.3, 0.4) is 0 Å². The summed E-state index contributed by atoms with van der Waals surface area (Å²) in [6.07, 6.45) is 2.60. The van der Waals surface area contributed by atoms with E-state index in [0.29, 0.717) is 12.2 Å². The van der Waals surface area contributed by atoms with E-state index in [1.807, 2.05) is 24.3 Å². The third-order valence-electron chi connectivity index (χ3n) is 3.38. The first-order valence-corrected chi connectivity index (χ1v) is 8.59. The number of amides is 1. The van der Waals surface area contributed by atoms with E-state index < -0.39 is 5.97 Å². The number of ether oxygens (including phenoxy) is 1. The zero-order valence-electron chi connectivity index (χ0n) is 12.4. The number of carbonyl (C=O) groups excluding carboxylic acids is 1. The van der Waals surface area contributed by atoms with Gasteiger partial charge in [-0.15, -0.1) is 0 Å². The lowest BCUT2D eigenvalue weighted by atomic mass is 10.1. The van der Waals surface area contributed by atoms with Gasteiger partial charge in [-0.05, 0) is 30.5 Å². The Balaban J connectivity index is 1.77. The van der Waals surface area contributed by atoms with Crippen LogP contribution in [0.1, 0.15) is 31.2 Å². The number of carboxylic acids is 1. The highest BCUT2D eigenvalue weighted by Gasteiger charge is 2.19. The molecule has 1 aliphatic rings. The van der Waals surface area contributed by atoms with Gasteiger partial charge in [-0.1, -0.05) is 12.1 Å². The van der Waals surface area contributed by atoms with Crippen molar-refractivity contribution >= 4 is 29.3 Å². The van der Waals surface area contributed by atoms with Gasteiger partial charge in [0.1, 0.15) is 0 Å². The van der Waals surface area contributed by atoms with Crippen LogP contribution >= 0.6 is 11.8 Å². The van der Waals surface area contributed by atoms with Crippen LogP contribution in [0.4, 0.5) is 5.69 Å². The van der Waals surface area contributed by atoms with Crippen LogP contribution in [0.2, 0.25) is 0 Å². The average Bonchev–Trinajstić information content (AvgIpc) is 2.96. The van der Waals surface area contributed by atoms with Crippen LogP contribution < -0.4 is 5.32 Å². The van der Waals surface area contributed by atoms with E-state index in [9.17, 15) is 9.59 Å². The first-order valence-electron chi connectivity index (χ1n) is 7.43. The molecule has 6 heteroatoms. The van der Waals surface area contributed by atoms with E-state index in [4.69, 9.17) is 9.84 Å². The lowest BCUT2D eigenvalue weighted by Gasteiger charge is -2.10. The summed E-state index contributed by atoms with van der Waals surface area (Å²) >= 11 is 1.57. The molecule has 120 valence electrons. The van der Waals surface area contributed by atoms with Gasteiger partial charge in [0.25, 0.3) is 0 Å². The molecule has 22 heavy (non-hydrogen) atoms. The van der Waals surface area contributed by atoms with Crippen LogP contribution in [0.25, 0.3) is 0 Å². The van der Waals surface area contributed by atoms with Gasteiger partial charge in [-0.2, -0.15) is 11.8 Å². The Hall–Kier alpha value is -1.53. The number of rotatable bonds is 8. The monoisotopic (exact) mass is 323 g/mol. The number of carboxylic acid groups (broad SMARTS) is 1.